The van der Waals surface area contributed by atoms with Crippen LogP contribution in [0.3, 0.4) is 0 Å². The number of fused-ring (bicyclic) bond motifs is 1. The Balaban J connectivity index is 1.83. The number of aromatic nitrogens is 1. The second-order valence-electron chi connectivity index (χ2n) is 6.65. The molecule has 2 aliphatic heterocycles. The molecule has 0 saturated carbocycles. The molecule has 122 valence electrons. The topological polar surface area (TPSA) is 34.6 Å². The van der Waals surface area contributed by atoms with Crippen LogP contribution in [0.2, 0.25) is 0 Å². The lowest BCUT2D eigenvalue weighted by atomic mass is 9.97. The molecule has 2 saturated heterocycles. The molecular formula is C19H24N2O2. The molecule has 4 nitrogen and oxygen atoms in total. The highest BCUT2D eigenvalue weighted by molar-refractivity contribution is 5.94. The Morgan fingerprint density at radius 3 is 2.91 bits per heavy atom. The van der Waals surface area contributed by atoms with Crippen molar-refractivity contribution in [3.63, 3.8) is 0 Å². The molecule has 1 unspecified atom stereocenters. The molecule has 0 aliphatic carbocycles. The van der Waals surface area contributed by atoms with E-state index < -0.39 is 0 Å². The van der Waals surface area contributed by atoms with Gasteiger partial charge in [-0.1, -0.05) is 25.1 Å². The van der Waals surface area contributed by atoms with Crippen LogP contribution in [-0.2, 0) is 15.9 Å². The van der Waals surface area contributed by atoms with E-state index >= 15 is 0 Å². The predicted octanol–water partition coefficient (Wildman–Crippen LogP) is 3.10. The molecule has 0 amide bonds. The third-order valence-electron chi connectivity index (χ3n) is 5.16. The molecule has 3 heterocycles. The van der Waals surface area contributed by atoms with Gasteiger partial charge in [0.2, 0.25) is 0 Å². The third kappa shape index (κ3) is 2.50. The van der Waals surface area contributed by atoms with E-state index in [-0.39, 0.29) is 5.60 Å². The van der Waals surface area contributed by atoms with Gasteiger partial charge in [-0.25, -0.2) is 0 Å². The van der Waals surface area contributed by atoms with Gasteiger partial charge in [-0.2, -0.15) is 0 Å². The maximum atomic E-state index is 6.11. The van der Waals surface area contributed by atoms with E-state index in [2.05, 4.69) is 43.0 Å². The first-order chi connectivity index (χ1) is 11.2. The zero-order chi connectivity index (χ0) is 15.9. The quantitative estimate of drug-likeness (QED) is 0.853. The van der Waals surface area contributed by atoms with Crippen molar-refractivity contribution in [2.24, 2.45) is 0 Å². The van der Waals surface area contributed by atoms with Crippen LogP contribution in [0.4, 0.5) is 5.69 Å². The third-order valence-corrected chi connectivity index (χ3v) is 5.16. The Labute approximate surface area is 137 Å². The lowest BCUT2D eigenvalue weighted by Crippen LogP contribution is -2.52. The van der Waals surface area contributed by atoms with Crippen molar-refractivity contribution < 1.29 is 9.47 Å². The van der Waals surface area contributed by atoms with Gasteiger partial charge in [0, 0.05) is 37.2 Å². The Morgan fingerprint density at radius 1 is 1.26 bits per heavy atom. The first-order valence-corrected chi connectivity index (χ1v) is 8.57. The van der Waals surface area contributed by atoms with Crippen molar-refractivity contribution >= 4 is 16.6 Å². The van der Waals surface area contributed by atoms with E-state index in [4.69, 9.17) is 14.5 Å². The fraction of sp³-hybridized carbons (Fsp3) is 0.526. The van der Waals surface area contributed by atoms with Gasteiger partial charge in [0.05, 0.1) is 24.4 Å². The molecule has 4 heteroatoms. The summed E-state index contributed by atoms with van der Waals surface area (Å²) in [5.41, 5.74) is 4.82. The molecule has 1 atom stereocenters. The zero-order valence-electron chi connectivity index (χ0n) is 14.0. The highest BCUT2D eigenvalue weighted by Crippen LogP contribution is 2.36. The number of benzene rings is 1. The Hall–Kier alpha value is -1.65. The van der Waals surface area contributed by atoms with Gasteiger partial charge >= 0.3 is 0 Å². The van der Waals surface area contributed by atoms with E-state index in [0.29, 0.717) is 6.61 Å². The van der Waals surface area contributed by atoms with Crippen LogP contribution in [-0.4, -0.2) is 43.5 Å². The molecule has 2 aromatic rings. The average Bonchev–Trinajstić information content (AvgIpc) is 3.01. The Morgan fingerprint density at radius 2 is 2.13 bits per heavy atom. The van der Waals surface area contributed by atoms with Gasteiger partial charge in [0.15, 0.2) is 0 Å². The summed E-state index contributed by atoms with van der Waals surface area (Å²) in [6, 6.07) is 8.48. The van der Waals surface area contributed by atoms with Crippen LogP contribution in [0.25, 0.3) is 10.9 Å². The average molecular weight is 312 g/mol. The standard InChI is InChI=1S/C19H24N2O2/c1-3-15-14(2)20-17-7-5-4-6-16(17)18(15)21-9-11-23-19(12-21)8-10-22-13-19/h4-7H,3,8-13H2,1-2H3. The van der Waals surface area contributed by atoms with Crippen molar-refractivity contribution in [2.45, 2.75) is 32.3 Å². The molecule has 2 fully saturated rings. The van der Waals surface area contributed by atoms with Gasteiger partial charge in [-0.15, -0.1) is 0 Å². The largest absolute Gasteiger partial charge is 0.378 e. The number of ether oxygens (including phenoxy) is 2. The number of aryl methyl sites for hydroxylation is 1. The smallest absolute Gasteiger partial charge is 0.111 e. The van der Waals surface area contributed by atoms with Crippen molar-refractivity contribution in [1.29, 1.82) is 0 Å². The lowest BCUT2D eigenvalue weighted by Gasteiger charge is -2.42. The lowest BCUT2D eigenvalue weighted by molar-refractivity contribution is -0.0579. The minimum absolute atomic E-state index is 0.123. The number of morpholine rings is 1. The number of para-hydroxylation sites is 1. The summed E-state index contributed by atoms with van der Waals surface area (Å²) in [5.74, 6) is 0. The van der Waals surface area contributed by atoms with Crippen molar-refractivity contribution in [3.8, 4) is 0 Å². The highest BCUT2D eigenvalue weighted by Gasteiger charge is 2.41. The maximum absolute atomic E-state index is 6.11. The molecule has 4 rings (SSSR count). The zero-order valence-corrected chi connectivity index (χ0v) is 14.0. The minimum Gasteiger partial charge on any atom is -0.378 e. The molecule has 1 aromatic heterocycles. The van der Waals surface area contributed by atoms with Gasteiger partial charge in [0.25, 0.3) is 0 Å². The fourth-order valence-electron chi connectivity index (χ4n) is 4.00. The number of nitrogens with zero attached hydrogens (tertiary/aromatic N) is 2. The first-order valence-electron chi connectivity index (χ1n) is 8.57. The molecular weight excluding hydrogens is 288 g/mol. The summed E-state index contributed by atoms with van der Waals surface area (Å²) in [4.78, 5) is 7.32. The molecule has 0 N–H and O–H groups in total. The second kappa shape index (κ2) is 5.77. The SMILES string of the molecule is CCc1c(C)nc2ccccc2c1N1CCOC2(CCOC2)C1. The van der Waals surface area contributed by atoms with Crippen molar-refractivity contribution in [2.75, 3.05) is 37.8 Å². The normalized spacial score (nSPS) is 24.7. The Bertz CT molecular complexity index is 723. The van der Waals surface area contributed by atoms with Crippen LogP contribution >= 0.6 is 0 Å². The number of hydrogen-bond acceptors (Lipinski definition) is 4. The van der Waals surface area contributed by atoms with E-state index in [1.54, 1.807) is 0 Å². The molecule has 1 spiro atoms. The molecule has 1 aromatic carbocycles. The molecule has 0 bridgehead atoms. The molecule has 23 heavy (non-hydrogen) atoms. The predicted molar refractivity (Wildman–Crippen MR) is 92.2 cm³/mol. The summed E-state index contributed by atoms with van der Waals surface area (Å²) in [5, 5.41) is 1.26. The van der Waals surface area contributed by atoms with Gasteiger partial charge in [-0.3, -0.25) is 4.98 Å². The number of hydrogen-bond donors (Lipinski definition) is 0. The van der Waals surface area contributed by atoms with Crippen LogP contribution in [0, 0.1) is 6.92 Å². The molecule has 0 radical (unpaired) electrons. The summed E-state index contributed by atoms with van der Waals surface area (Å²) >= 11 is 0. The van der Waals surface area contributed by atoms with E-state index in [9.17, 15) is 0 Å². The number of anilines is 1. The van der Waals surface area contributed by atoms with Gasteiger partial charge in [-0.05, 0) is 25.0 Å². The fourth-order valence-corrected chi connectivity index (χ4v) is 4.00. The van der Waals surface area contributed by atoms with Gasteiger partial charge in [0.1, 0.15) is 5.60 Å². The van der Waals surface area contributed by atoms with Crippen LogP contribution in [0.1, 0.15) is 24.6 Å². The summed E-state index contributed by atoms with van der Waals surface area (Å²) < 4.78 is 11.7. The number of rotatable bonds is 2. The summed E-state index contributed by atoms with van der Waals surface area (Å²) in [6.45, 7) is 8.48. The van der Waals surface area contributed by atoms with E-state index in [1.807, 2.05) is 0 Å². The highest BCUT2D eigenvalue weighted by atomic mass is 16.6. The first kappa shape index (κ1) is 14.9. The number of pyridine rings is 1. The van der Waals surface area contributed by atoms with Crippen molar-refractivity contribution in [3.05, 3.63) is 35.5 Å². The summed E-state index contributed by atoms with van der Waals surface area (Å²) in [7, 11) is 0. The van der Waals surface area contributed by atoms with Crippen LogP contribution in [0.5, 0.6) is 0 Å². The maximum Gasteiger partial charge on any atom is 0.111 e. The monoisotopic (exact) mass is 312 g/mol. The Kier molecular flexibility index (Phi) is 3.74. The van der Waals surface area contributed by atoms with Crippen molar-refractivity contribution in [1.82, 2.24) is 4.98 Å². The van der Waals surface area contributed by atoms with E-state index in [0.717, 1.165) is 50.4 Å². The van der Waals surface area contributed by atoms with E-state index in [1.165, 1.54) is 16.6 Å². The second-order valence-corrected chi connectivity index (χ2v) is 6.65. The van der Waals surface area contributed by atoms with Crippen LogP contribution in [0.15, 0.2) is 24.3 Å². The van der Waals surface area contributed by atoms with Gasteiger partial charge < -0.3 is 14.4 Å². The van der Waals surface area contributed by atoms with Crippen LogP contribution < -0.4 is 4.90 Å². The minimum atomic E-state index is -0.123. The molecule has 2 aliphatic rings. The summed E-state index contributed by atoms with van der Waals surface area (Å²) in [6.07, 6.45) is 1.99.